The van der Waals surface area contributed by atoms with Crippen LogP contribution in [0.25, 0.3) is 111 Å². The maximum absolute atomic E-state index is 6.30. The molecule has 0 radical (unpaired) electrons. The van der Waals surface area contributed by atoms with E-state index < -0.39 is 5.41 Å². The Morgan fingerprint density at radius 2 is 0.870 bits per heavy atom. The Morgan fingerprint density at radius 3 is 1.51 bits per heavy atom. The summed E-state index contributed by atoms with van der Waals surface area (Å²) >= 11 is 1.79. The summed E-state index contributed by atoms with van der Waals surface area (Å²) in [5, 5.41) is 4.48. The maximum Gasteiger partial charge on any atom is 0.135 e. The predicted octanol–water partition coefficient (Wildman–Crippen LogP) is 19.0. The normalized spacial score (nSPS) is 13.2. The van der Waals surface area contributed by atoms with Crippen LogP contribution in [0.5, 0.6) is 0 Å². The van der Waals surface area contributed by atoms with Crippen LogP contribution in [0.4, 0.5) is 17.1 Å². The fourth-order valence-electron chi connectivity index (χ4n) is 12.6. The van der Waals surface area contributed by atoms with Gasteiger partial charge in [-0.15, -0.1) is 11.3 Å². The van der Waals surface area contributed by atoms with E-state index in [1.807, 2.05) is 19.1 Å². The van der Waals surface area contributed by atoms with Crippen molar-refractivity contribution in [3.63, 3.8) is 0 Å². The van der Waals surface area contributed by atoms with E-state index in [0.717, 1.165) is 77.6 Å². The maximum atomic E-state index is 6.30. The minimum absolute atomic E-state index is 0.462. The van der Waals surface area contributed by atoms with Gasteiger partial charge in [-0.2, -0.15) is 0 Å². The van der Waals surface area contributed by atoms with E-state index in [0.29, 0.717) is 0 Å². The van der Waals surface area contributed by atoms with E-state index in [4.69, 9.17) is 4.42 Å². The molecule has 2 aliphatic carbocycles. The SMILES string of the molecule is C=c1/c(=C\C=C/C)sc2ccc(-c3cc(-c4ccc(N(c5ccc(-c6ccccc6)cc5)c5ccc6c(c5)C5(c7ccccc7-c7ccccc75)c5ccccc5-6)cc4)cc(-c4ccc5oc6ccccc6c5c4)c3)cc12. The molecule has 0 aliphatic heterocycles. The van der Waals surface area contributed by atoms with E-state index in [1.165, 1.54) is 70.3 Å². The Bertz CT molecular complexity index is 4590. The standard InChI is InChI=1S/C74H49NOS/c1-3-4-26-72-47(2)64-44-52(32-40-73(64)77-72)55-42-53(41-54(43-55)51-31-39-71-65(45-51)63-21-11-15-25-70(63)76-71)50-29-35-57(36-30-50)75(56-33-27-49(28-34-56)48-16-6-5-7-17-48)58-37-38-62-61-20-10-14-24-68(61)74(69(62)46-58)66-22-12-8-18-59(66)60-19-9-13-23-67(60)74/h3-46H,2H2,1H3/b4-3-,72-26+. The Labute approximate surface area is 451 Å². The molecular weight excluding hydrogens is 951 g/mol. The fraction of sp³-hybridized carbons (Fsp3) is 0.0270. The van der Waals surface area contributed by atoms with Crippen LogP contribution in [0.2, 0.25) is 0 Å². The van der Waals surface area contributed by atoms with Crippen molar-refractivity contribution in [2.45, 2.75) is 12.3 Å². The second-order valence-electron chi connectivity index (χ2n) is 20.4. The molecule has 2 aromatic heterocycles. The van der Waals surface area contributed by atoms with Crippen molar-refractivity contribution in [1.29, 1.82) is 0 Å². The third-order valence-corrected chi connectivity index (χ3v) is 17.3. The zero-order valence-corrected chi connectivity index (χ0v) is 43.2. The molecule has 2 nitrogen and oxygen atoms in total. The molecule has 2 heterocycles. The van der Waals surface area contributed by atoms with Crippen molar-refractivity contribution in [3.05, 3.63) is 293 Å². The van der Waals surface area contributed by atoms with Gasteiger partial charge in [0.15, 0.2) is 0 Å². The third-order valence-electron chi connectivity index (χ3n) is 16.2. The zero-order valence-electron chi connectivity index (χ0n) is 42.4. The highest BCUT2D eigenvalue weighted by atomic mass is 32.1. The second kappa shape index (κ2) is 17.8. The third kappa shape index (κ3) is 7.08. The summed E-state index contributed by atoms with van der Waals surface area (Å²) in [5.74, 6) is 0. The fourth-order valence-corrected chi connectivity index (χ4v) is 13.6. The number of hydrogen-bond acceptors (Lipinski definition) is 3. The number of rotatable bonds is 8. The molecule has 0 saturated carbocycles. The molecule has 13 aromatic rings. The first-order valence-corrected chi connectivity index (χ1v) is 27.2. The van der Waals surface area contributed by atoms with Gasteiger partial charge in [0.05, 0.1) is 5.41 Å². The molecule has 1 spiro atoms. The second-order valence-corrected chi connectivity index (χ2v) is 21.5. The van der Waals surface area contributed by atoms with Crippen LogP contribution in [-0.2, 0) is 5.41 Å². The van der Waals surface area contributed by atoms with Crippen LogP contribution in [0.1, 0.15) is 29.2 Å². The van der Waals surface area contributed by atoms with E-state index in [2.05, 4.69) is 266 Å². The molecule has 2 aliphatic rings. The van der Waals surface area contributed by atoms with Gasteiger partial charge in [0, 0.05) is 42.5 Å². The molecular formula is C74H49NOS. The van der Waals surface area contributed by atoms with Crippen molar-refractivity contribution in [2.24, 2.45) is 0 Å². The number of para-hydroxylation sites is 1. The molecule has 0 unspecified atom stereocenters. The van der Waals surface area contributed by atoms with Crippen LogP contribution in [-0.4, -0.2) is 0 Å². The first-order valence-electron chi connectivity index (χ1n) is 26.4. The van der Waals surface area contributed by atoms with Gasteiger partial charge in [-0.05, 0) is 192 Å². The Balaban J connectivity index is 0.892. The van der Waals surface area contributed by atoms with Crippen LogP contribution in [0.15, 0.2) is 265 Å². The lowest BCUT2D eigenvalue weighted by atomic mass is 9.70. The average molecular weight is 1000 g/mol. The zero-order chi connectivity index (χ0) is 51.2. The number of nitrogens with zero attached hydrogens (tertiary/aromatic N) is 1. The average Bonchev–Trinajstić information content (AvgIpc) is 4.17. The summed E-state index contributed by atoms with van der Waals surface area (Å²) < 4.78 is 8.72. The molecule has 15 rings (SSSR count). The van der Waals surface area contributed by atoms with Gasteiger partial charge in [-0.25, -0.2) is 0 Å². The van der Waals surface area contributed by atoms with E-state index in [9.17, 15) is 0 Å². The predicted molar refractivity (Wildman–Crippen MR) is 326 cm³/mol. The smallest absolute Gasteiger partial charge is 0.135 e. The minimum Gasteiger partial charge on any atom is -0.456 e. The summed E-state index contributed by atoms with van der Waals surface area (Å²) in [4.78, 5) is 2.43. The van der Waals surface area contributed by atoms with Gasteiger partial charge in [0.2, 0.25) is 0 Å². The first-order chi connectivity index (χ1) is 38.0. The van der Waals surface area contributed by atoms with Crippen molar-refractivity contribution < 1.29 is 4.42 Å². The number of furan rings is 1. The highest BCUT2D eigenvalue weighted by molar-refractivity contribution is 7.17. The van der Waals surface area contributed by atoms with Gasteiger partial charge in [-0.3, -0.25) is 0 Å². The molecule has 0 bridgehead atoms. The lowest BCUT2D eigenvalue weighted by Gasteiger charge is -2.32. The number of anilines is 3. The number of benzene rings is 11. The topological polar surface area (TPSA) is 16.4 Å². The molecule has 77 heavy (non-hydrogen) atoms. The Morgan fingerprint density at radius 1 is 0.390 bits per heavy atom. The van der Waals surface area contributed by atoms with Gasteiger partial charge in [0.25, 0.3) is 0 Å². The molecule has 0 atom stereocenters. The molecule has 362 valence electrons. The van der Waals surface area contributed by atoms with Crippen LogP contribution < -0.4 is 14.7 Å². The Kier molecular flexibility index (Phi) is 10.4. The number of allylic oxidation sites excluding steroid dienone is 2. The van der Waals surface area contributed by atoms with E-state index >= 15 is 0 Å². The van der Waals surface area contributed by atoms with Crippen molar-refractivity contribution in [3.8, 4) is 66.8 Å². The highest BCUT2D eigenvalue weighted by Gasteiger charge is 2.51. The number of hydrogen-bond donors (Lipinski definition) is 0. The van der Waals surface area contributed by atoms with Crippen LogP contribution in [0, 0.1) is 0 Å². The number of thiophene rings is 1. The summed E-state index contributed by atoms with van der Waals surface area (Å²) in [6.07, 6.45) is 6.32. The van der Waals surface area contributed by atoms with Gasteiger partial charge in [0.1, 0.15) is 11.2 Å². The molecule has 0 fully saturated rings. The summed E-state index contributed by atoms with van der Waals surface area (Å²) in [5.41, 5.74) is 24.3. The molecule has 0 amide bonds. The van der Waals surface area contributed by atoms with E-state index in [1.54, 1.807) is 11.3 Å². The molecule has 0 N–H and O–H groups in total. The molecule has 0 saturated heterocycles. The lowest BCUT2D eigenvalue weighted by Crippen LogP contribution is -2.26. The highest BCUT2D eigenvalue weighted by Crippen LogP contribution is 2.63. The molecule has 3 heteroatoms. The Hall–Kier alpha value is -9.54. The lowest BCUT2D eigenvalue weighted by molar-refractivity contribution is 0.669. The minimum atomic E-state index is -0.462. The van der Waals surface area contributed by atoms with Crippen LogP contribution >= 0.6 is 11.3 Å². The summed E-state index contributed by atoms with van der Waals surface area (Å²) in [7, 11) is 0. The largest absolute Gasteiger partial charge is 0.456 e. The van der Waals surface area contributed by atoms with Gasteiger partial charge >= 0.3 is 0 Å². The number of fused-ring (bicyclic) bond motifs is 14. The van der Waals surface area contributed by atoms with Gasteiger partial charge < -0.3 is 9.32 Å². The van der Waals surface area contributed by atoms with Crippen LogP contribution in [0.3, 0.4) is 0 Å². The monoisotopic (exact) mass is 999 g/mol. The van der Waals surface area contributed by atoms with Crippen molar-refractivity contribution in [1.82, 2.24) is 0 Å². The quantitative estimate of drug-likeness (QED) is 0.151. The van der Waals surface area contributed by atoms with Gasteiger partial charge in [-0.1, -0.05) is 183 Å². The van der Waals surface area contributed by atoms with E-state index in [-0.39, 0.29) is 0 Å². The summed E-state index contributed by atoms with van der Waals surface area (Å²) in [6.45, 7) is 6.60. The summed E-state index contributed by atoms with van der Waals surface area (Å²) in [6, 6.07) is 92.0. The first kappa shape index (κ1) is 44.9. The molecule has 11 aromatic carbocycles. The van der Waals surface area contributed by atoms with Crippen molar-refractivity contribution >= 4 is 73.1 Å². The van der Waals surface area contributed by atoms with Crippen molar-refractivity contribution in [2.75, 3.05) is 4.90 Å².